The molecule has 0 aliphatic rings. The Morgan fingerprint density at radius 2 is 1.27 bits per heavy atom. The summed E-state index contributed by atoms with van der Waals surface area (Å²) in [7, 11) is -4.51. The van der Waals surface area contributed by atoms with Gasteiger partial charge >= 0.3 is 0 Å². The van der Waals surface area contributed by atoms with Gasteiger partial charge in [0.25, 0.3) is 20.0 Å². The zero-order valence-electron chi connectivity index (χ0n) is 5.17. The number of aliphatic hydroxyl groups is 4. The van der Waals surface area contributed by atoms with Crippen molar-refractivity contribution in [3.8, 4) is 0 Å². The van der Waals surface area contributed by atoms with E-state index < -0.39 is 20.0 Å². The number of sulfone groups is 1. The third kappa shape index (κ3) is 1.77. The molecule has 0 spiro atoms. The largest absolute Gasteiger partial charge is 0.511 e. The molecule has 64 valence electrons. The number of rotatable bonds is 2. The van der Waals surface area contributed by atoms with Crippen molar-refractivity contribution in [2.45, 2.75) is 0 Å². The van der Waals surface area contributed by atoms with Gasteiger partial charge in [0, 0.05) is 0 Å². The van der Waals surface area contributed by atoms with Crippen LogP contribution in [0.5, 0.6) is 0 Å². The zero-order valence-corrected chi connectivity index (χ0v) is 5.98. The second-order valence-corrected chi connectivity index (χ2v) is 3.28. The summed E-state index contributed by atoms with van der Waals surface area (Å²) in [5.74, 6) is 0. The van der Waals surface area contributed by atoms with E-state index in [2.05, 4.69) is 0 Å². The topological polar surface area (TPSA) is 115 Å². The van der Waals surface area contributed by atoms with Gasteiger partial charge in [0.1, 0.15) is 12.5 Å². The van der Waals surface area contributed by atoms with Crippen molar-refractivity contribution in [1.82, 2.24) is 0 Å². The summed E-state index contributed by atoms with van der Waals surface area (Å²) in [6.07, 6.45) is -0.232. The molecular weight excluding hydrogens is 176 g/mol. The summed E-state index contributed by atoms with van der Waals surface area (Å²) in [5, 5.41) is 29.9. The van der Waals surface area contributed by atoms with Crippen LogP contribution in [0, 0.1) is 0 Å². The van der Waals surface area contributed by atoms with E-state index >= 15 is 0 Å². The Balaban J connectivity index is 5.09. The Labute approximate surface area is 62.3 Å². The molecule has 0 bridgehead atoms. The van der Waals surface area contributed by atoms with Crippen LogP contribution in [-0.2, 0) is 9.84 Å². The van der Waals surface area contributed by atoms with Crippen molar-refractivity contribution in [2.24, 2.45) is 0 Å². The normalized spacial score (nSPS) is 14.9. The van der Waals surface area contributed by atoms with Crippen LogP contribution in [0.2, 0.25) is 0 Å². The first-order valence-electron chi connectivity index (χ1n) is 2.28. The maximum atomic E-state index is 10.5. The number of hydrogen-bond acceptors (Lipinski definition) is 6. The molecule has 0 aliphatic heterocycles. The molecule has 0 rings (SSSR count). The Kier molecular flexibility index (Phi) is 2.76. The quantitative estimate of drug-likeness (QED) is 0.454. The van der Waals surface area contributed by atoms with Gasteiger partial charge in [-0.25, -0.2) is 8.42 Å². The van der Waals surface area contributed by atoms with Crippen molar-refractivity contribution in [3.63, 3.8) is 0 Å². The fraction of sp³-hybridized carbons (Fsp3) is 0. The maximum absolute atomic E-state index is 10.5. The molecule has 0 aromatic carbocycles. The van der Waals surface area contributed by atoms with E-state index in [1.807, 2.05) is 0 Å². The molecule has 0 amide bonds. The fourth-order valence-electron chi connectivity index (χ4n) is 0.246. The molecular formula is C4H6O6S. The van der Waals surface area contributed by atoms with E-state index in [0.29, 0.717) is 0 Å². The third-order valence-electron chi connectivity index (χ3n) is 0.772. The average Bonchev–Trinajstić information content (AvgIpc) is 2.01. The average molecular weight is 182 g/mol. The second kappa shape index (κ2) is 3.15. The molecule has 0 saturated carbocycles. The van der Waals surface area contributed by atoms with Crippen LogP contribution in [0.25, 0.3) is 0 Å². The van der Waals surface area contributed by atoms with Crippen LogP contribution in [0.15, 0.2) is 22.7 Å². The Bertz CT molecular complexity index is 260. The zero-order chi connectivity index (χ0) is 9.07. The summed E-state index contributed by atoms with van der Waals surface area (Å²) in [6.45, 7) is 0. The van der Waals surface area contributed by atoms with Crippen molar-refractivity contribution in [1.29, 1.82) is 0 Å². The highest BCUT2D eigenvalue weighted by atomic mass is 32.2. The molecule has 0 heterocycles. The standard InChI is InChI=1S/C4H6O6S/c5-1-3(7)11(9,10)4(8)2-6/h1-2,5-8H/b3-1+,4-2+. The summed E-state index contributed by atoms with van der Waals surface area (Å²) < 4.78 is 21.1. The van der Waals surface area contributed by atoms with Gasteiger partial charge in [-0.05, 0) is 0 Å². The lowest BCUT2D eigenvalue weighted by Gasteiger charge is -1.97. The predicted octanol–water partition coefficient (Wildman–Crippen LogP) is 0.231. The van der Waals surface area contributed by atoms with E-state index in [-0.39, 0.29) is 12.5 Å². The molecule has 0 unspecified atom stereocenters. The van der Waals surface area contributed by atoms with Crippen LogP contribution in [0.4, 0.5) is 0 Å². The summed E-state index contributed by atoms with van der Waals surface area (Å²) >= 11 is 0. The monoisotopic (exact) mass is 182 g/mol. The summed E-state index contributed by atoms with van der Waals surface area (Å²) in [5.41, 5.74) is 0. The number of aliphatic hydroxyl groups excluding tert-OH is 4. The lowest BCUT2D eigenvalue weighted by atomic mass is 11.1. The van der Waals surface area contributed by atoms with Crippen LogP contribution in [0.1, 0.15) is 0 Å². The second-order valence-electron chi connectivity index (χ2n) is 1.44. The van der Waals surface area contributed by atoms with E-state index in [1.165, 1.54) is 0 Å². The first-order chi connectivity index (χ1) is 4.96. The van der Waals surface area contributed by atoms with E-state index in [4.69, 9.17) is 20.4 Å². The Morgan fingerprint density at radius 3 is 1.45 bits per heavy atom. The van der Waals surface area contributed by atoms with Crippen LogP contribution in [-0.4, -0.2) is 28.8 Å². The van der Waals surface area contributed by atoms with Crippen molar-refractivity contribution in [3.05, 3.63) is 22.7 Å². The molecule has 4 N–H and O–H groups in total. The molecule has 0 radical (unpaired) electrons. The highest BCUT2D eigenvalue weighted by molar-refractivity contribution is 7.98. The molecule has 0 atom stereocenters. The van der Waals surface area contributed by atoms with Gasteiger partial charge in [-0.1, -0.05) is 0 Å². The molecule has 0 aromatic heterocycles. The molecule has 0 aromatic rings. The first-order valence-corrected chi connectivity index (χ1v) is 3.77. The summed E-state index contributed by atoms with van der Waals surface area (Å²) in [6, 6.07) is 0. The van der Waals surface area contributed by atoms with Gasteiger partial charge in [0.2, 0.25) is 0 Å². The summed E-state index contributed by atoms with van der Waals surface area (Å²) in [4.78, 5) is 0. The van der Waals surface area contributed by atoms with E-state index in [0.717, 1.165) is 0 Å². The van der Waals surface area contributed by atoms with Gasteiger partial charge in [0.15, 0.2) is 0 Å². The number of hydrogen-bond donors (Lipinski definition) is 4. The van der Waals surface area contributed by atoms with Crippen molar-refractivity contribution < 1.29 is 28.8 Å². The Hall–Kier alpha value is -1.37. The first kappa shape index (κ1) is 9.63. The van der Waals surface area contributed by atoms with Crippen LogP contribution >= 0.6 is 0 Å². The van der Waals surface area contributed by atoms with Crippen molar-refractivity contribution in [2.75, 3.05) is 0 Å². The van der Waals surface area contributed by atoms with Gasteiger partial charge in [-0.3, -0.25) is 0 Å². The molecule has 0 saturated heterocycles. The van der Waals surface area contributed by atoms with Crippen molar-refractivity contribution >= 4 is 9.84 Å². The highest BCUT2D eigenvalue weighted by Gasteiger charge is 2.22. The molecule has 6 nitrogen and oxygen atoms in total. The van der Waals surface area contributed by atoms with E-state index in [9.17, 15) is 8.42 Å². The van der Waals surface area contributed by atoms with Gasteiger partial charge in [0.05, 0.1) is 0 Å². The molecule has 0 fully saturated rings. The molecule has 7 heteroatoms. The Morgan fingerprint density at radius 1 is 1.00 bits per heavy atom. The van der Waals surface area contributed by atoms with E-state index in [1.54, 1.807) is 0 Å². The van der Waals surface area contributed by atoms with Gasteiger partial charge < -0.3 is 20.4 Å². The third-order valence-corrected chi connectivity index (χ3v) is 2.08. The van der Waals surface area contributed by atoms with Crippen LogP contribution < -0.4 is 0 Å². The minimum absolute atomic E-state index is 0.116. The van der Waals surface area contributed by atoms with Crippen LogP contribution in [0.3, 0.4) is 0 Å². The maximum Gasteiger partial charge on any atom is 0.277 e. The minimum Gasteiger partial charge on any atom is -0.511 e. The SMILES string of the molecule is O=S(=O)(/C(O)=C/O)/C(O)=C/O. The van der Waals surface area contributed by atoms with Gasteiger partial charge in [-0.15, -0.1) is 0 Å². The molecule has 11 heavy (non-hydrogen) atoms. The van der Waals surface area contributed by atoms with Gasteiger partial charge in [-0.2, -0.15) is 0 Å². The molecule has 0 aliphatic carbocycles. The predicted molar refractivity (Wildman–Crippen MR) is 35.6 cm³/mol. The fourth-order valence-corrected chi connectivity index (χ4v) is 0.738. The lowest BCUT2D eigenvalue weighted by molar-refractivity contribution is 0.367. The lowest BCUT2D eigenvalue weighted by Crippen LogP contribution is -2.06. The minimum atomic E-state index is -4.51. The highest BCUT2D eigenvalue weighted by Crippen LogP contribution is 2.10. The smallest absolute Gasteiger partial charge is 0.277 e.